The topological polar surface area (TPSA) is 142 Å². The zero-order valence-electron chi connectivity index (χ0n) is 34.7. The smallest absolute Gasteiger partial charge is 0.342 e. The van der Waals surface area contributed by atoms with E-state index in [1.165, 1.54) is 32.8 Å². The number of phenolic OH excluding ortho intramolecular Hbond substituents is 1. The van der Waals surface area contributed by atoms with Crippen LogP contribution in [0.5, 0.6) is 11.5 Å². The zero-order valence-corrected chi connectivity index (χ0v) is 34.7. The summed E-state index contributed by atoms with van der Waals surface area (Å²) in [6.45, 7) is 27.8. The Hall–Kier alpha value is -4.99. The highest BCUT2D eigenvalue weighted by molar-refractivity contribution is 6.00. The first-order valence-corrected chi connectivity index (χ1v) is 19.5. The number of hydrogen-bond acceptors (Lipinski definition) is 10. The third-order valence-electron chi connectivity index (χ3n) is 10.1. The van der Waals surface area contributed by atoms with Gasteiger partial charge in [0.2, 0.25) is 0 Å². The van der Waals surface area contributed by atoms with Crippen LogP contribution in [-0.2, 0) is 28.6 Å². The Kier molecular flexibility index (Phi) is 19.0. The fourth-order valence-corrected chi connectivity index (χ4v) is 6.72. The van der Waals surface area contributed by atoms with Crippen molar-refractivity contribution in [1.29, 1.82) is 0 Å². The van der Waals surface area contributed by atoms with Crippen LogP contribution in [0.15, 0.2) is 85.0 Å². The molecule has 2 aliphatic rings. The Balaban J connectivity index is 0.000000312. The van der Waals surface area contributed by atoms with E-state index in [0.29, 0.717) is 35.5 Å². The van der Waals surface area contributed by atoms with Gasteiger partial charge in [-0.2, -0.15) is 0 Å². The zero-order chi connectivity index (χ0) is 42.3. The quantitative estimate of drug-likeness (QED) is 0.0815. The number of benzene rings is 2. The number of hydrogen-bond donors (Lipinski definition) is 1. The van der Waals surface area contributed by atoms with Crippen molar-refractivity contribution in [1.82, 2.24) is 0 Å². The summed E-state index contributed by atoms with van der Waals surface area (Å²) in [5.41, 5.74) is 1.20. The third-order valence-corrected chi connectivity index (χ3v) is 10.1. The van der Waals surface area contributed by atoms with Gasteiger partial charge in [-0.1, -0.05) is 98.4 Å². The first kappa shape index (κ1) is 47.2. The van der Waals surface area contributed by atoms with Crippen molar-refractivity contribution < 1.29 is 48.0 Å². The molecule has 0 bridgehead atoms. The first-order chi connectivity index (χ1) is 26.2. The second kappa shape index (κ2) is 22.5. The largest absolute Gasteiger partial charge is 0.507 e. The second-order valence-corrected chi connectivity index (χ2v) is 16.0. The van der Waals surface area contributed by atoms with Gasteiger partial charge in [0.25, 0.3) is 0 Å². The maximum Gasteiger partial charge on any atom is 0.342 e. The average molecular weight is 775 g/mol. The lowest BCUT2D eigenvalue weighted by Crippen LogP contribution is -2.36. The number of rotatable bonds is 10. The Morgan fingerprint density at radius 2 is 1.00 bits per heavy atom. The van der Waals surface area contributed by atoms with E-state index >= 15 is 0 Å². The van der Waals surface area contributed by atoms with Crippen LogP contribution in [0.1, 0.15) is 122 Å². The molecular weight excluding hydrogens is 712 g/mol. The monoisotopic (exact) mass is 774 g/mol. The lowest BCUT2D eigenvalue weighted by atomic mass is 9.75. The van der Waals surface area contributed by atoms with Crippen LogP contribution in [0, 0.1) is 35.5 Å². The van der Waals surface area contributed by atoms with E-state index in [9.17, 15) is 29.1 Å². The van der Waals surface area contributed by atoms with Crippen molar-refractivity contribution in [2.45, 2.75) is 113 Å². The van der Waals surface area contributed by atoms with Gasteiger partial charge in [0.1, 0.15) is 34.8 Å². The molecule has 10 nitrogen and oxygen atoms in total. The molecule has 0 radical (unpaired) electrons. The number of para-hydroxylation sites is 2. The predicted molar refractivity (Wildman–Crippen MR) is 217 cm³/mol. The molecule has 56 heavy (non-hydrogen) atoms. The van der Waals surface area contributed by atoms with Crippen LogP contribution in [0.2, 0.25) is 0 Å². The SMILES string of the molecule is C=C(C)C(=O)OC(=O)C(=C)C.C=C(C)C(=O)Oc1ccccc1C(=O)OC1CC(C)CCC1C(C)C.CC1CCC(C(C)C)C(OC(=O)c2ccccc2O)C1. The molecule has 6 unspecified atom stereocenters. The standard InChI is InChI=1S/C21H28O4.C17H24O3.C8H10O3/c1-13(2)16-11-10-15(5)12-19(16)25-21(23)17-8-6-7-9-18(17)24-20(22)14(3)4;1-11(2)13-9-8-12(3)10-16(13)20-17(19)14-6-4-5-7-15(14)18;1-5(2)7(9)11-8(10)6(3)4/h6-9,13,15-16,19H,3,10-12H2,1-2,4-5H3;4-7,11-13,16,18H,8-10H2,1-3H3;1,3H2,2,4H3. The fraction of sp³-hybridized carbons (Fsp3) is 0.500. The molecule has 0 amide bonds. The molecule has 1 N–H and O–H groups in total. The summed E-state index contributed by atoms with van der Waals surface area (Å²) in [7, 11) is 0. The van der Waals surface area contributed by atoms with Gasteiger partial charge in [-0.15, -0.1) is 0 Å². The van der Waals surface area contributed by atoms with Crippen molar-refractivity contribution in [2.24, 2.45) is 35.5 Å². The summed E-state index contributed by atoms with van der Waals surface area (Å²) in [6.07, 6.45) is 6.22. The Morgan fingerprint density at radius 3 is 1.41 bits per heavy atom. The van der Waals surface area contributed by atoms with E-state index in [4.69, 9.17) is 14.2 Å². The minimum atomic E-state index is -0.710. The second-order valence-electron chi connectivity index (χ2n) is 16.0. The van der Waals surface area contributed by atoms with Crippen LogP contribution in [0.25, 0.3) is 0 Å². The Labute approximate surface area is 333 Å². The van der Waals surface area contributed by atoms with Crippen molar-refractivity contribution in [3.05, 3.63) is 96.1 Å². The van der Waals surface area contributed by atoms with Crippen molar-refractivity contribution in [3.63, 3.8) is 0 Å². The normalized spacial score (nSPS) is 21.5. The Morgan fingerprint density at radius 1 is 0.607 bits per heavy atom. The summed E-state index contributed by atoms with van der Waals surface area (Å²) < 4.78 is 21.1. The number of phenols is 1. The highest BCUT2D eigenvalue weighted by Crippen LogP contribution is 2.37. The average Bonchev–Trinajstić information content (AvgIpc) is 3.12. The maximum absolute atomic E-state index is 12.7. The molecule has 4 rings (SSSR count). The van der Waals surface area contributed by atoms with Gasteiger partial charge >= 0.3 is 29.8 Å². The van der Waals surface area contributed by atoms with Crippen molar-refractivity contribution >= 4 is 29.8 Å². The molecule has 0 aliphatic heterocycles. The molecule has 6 atom stereocenters. The van der Waals surface area contributed by atoms with Crippen molar-refractivity contribution in [2.75, 3.05) is 0 Å². The van der Waals surface area contributed by atoms with Gasteiger partial charge in [0, 0.05) is 16.7 Å². The van der Waals surface area contributed by atoms with Crippen LogP contribution in [0.3, 0.4) is 0 Å². The molecule has 0 saturated heterocycles. The van der Waals surface area contributed by atoms with Gasteiger partial charge in [0.05, 0.1) is 0 Å². The van der Waals surface area contributed by atoms with E-state index in [1.54, 1.807) is 49.4 Å². The minimum Gasteiger partial charge on any atom is -0.507 e. The molecule has 2 aromatic carbocycles. The fourth-order valence-electron chi connectivity index (χ4n) is 6.72. The molecule has 2 saturated carbocycles. The molecule has 306 valence electrons. The van der Waals surface area contributed by atoms with Gasteiger partial charge in [0.15, 0.2) is 0 Å². The summed E-state index contributed by atoms with van der Waals surface area (Å²) >= 11 is 0. The van der Waals surface area contributed by atoms with Crippen LogP contribution >= 0.6 is 0 Å². The Bertz CT molecular complexity index is 1700. The predicted octanol–water partition coefficient (Wildman–Crippen LogP) is 10.0. The molecule has 2 aliphatic carbocycles. The van der Waals surface area contributed by atoms with E-state index < -0.39 is 29.8 Å². The van der Waals surface area contributed by atoms with Crippen molar-refractivity contribution in [3.8, 4) is 11.5 Å². The minimum absolute atomic E-state index is 0.0116. The van der Waals surface area contributed by atoms with Gasteiger partial charge in [-0.3, -0.25) is 0 Å². The van der Waals surface area contributed by atoms with E-state index in [2.05, 4.69) is 66.0 Å². The number of carbonyl (C=O) groups excluding carboxylic acids is 5. The van der Waals surface area contributed by atoms with Gasteiger partial charge in [-0.05, 0) is 106 Å². The van der Waals surface area contributed by atoms with Gasteiger partial charge in [-0.25, -0.2) is 24.0 Å². The number of esters is 5. The third kappa shape index (κ3) is 14.9. The highest BCUT2D eigenvalue weighted by Gasteiger charge is 2.35. The maximum atomic E-state index is 12.7. The van der Waals surface area contributed by atoms with Gasteiger partial charge < -0.3 is 24.1 Å². The summed E-state index contributed by atoms with van der Waals surface area (Å²) in [5, 5.41) is 9.74. The van der Waals surface area contributed by atoms with E-state index in [0.717, 1.165) is 25.7 Å². The van der Waals surface area contributed by atoms with Crippen LogP contribution < -0.4 is 4.74 Å². The number of aromatic hydroxyl groups is 1. The lowest BCUT2D eigenvalue weighted by molar-refractivity contribution is -0.154. The summed E-state index contributed by atoms with van der Waals surface area (Å²) in [5.74, 6) is 0.271. The van der Waals surface area contributed by atoms with Crippen LogP contribution in [-0.4, -0.2) is 47.2 Å². The molecule has 0 spiro atoms. The first-order valence-electron chi connectivity index (χ1n) is 19.5. The highest BCUT2D eigenvalue weighted by atomic mass is 16.6. The molecule has 0 aromatic heterocycles. The van der Waals surface area contributed by atoms with Crippen LogP contribution in [0.4, 0.5) is 0 Å². The molecule has 2 fully saturated rings. The van der Waals surface area contributed by atoms with E-state index in [1.807, 2.05) is 0 Å². The number of carbonyl (C=O) groups is 5. The molecule has 2 aromatic rings. The molecule has 10 heteroatoms. The summed E-state index contributed by atoms with van der Waals surface area (Å²) in [4.78, 5) is 58.1. The number of ether oxygens (including phenoxy) is 4. The van der Waals surface area contributed by atoms with E-state index in [-0.39, 0.29) is 51.6 Å². The molecular formula is C46H62O10. The summed E-state index contributed by atoms with van der Waals surface area (Å²) in [6, 6.07) is 13.2. The lowest BCUT2D eigenvalue weighted by Gasteiger charge is -2.36. The molecule has 0 heterocycles.